The van der Waals surface area contributed by atoms with E-state index in [0.717, 1.165) is 11.1 Å². The number of halogens is 2. The van der Waals surface area contributed by atoms with Crippen molar-refractivity contribution in [2.75, 3.05) is 11.1 Å². The van der Waals surface area contributed by atoms with Gasteiger partial charge in [0.1, 0.15) is 5.75 Å². The highest BCUT2D eigenvalue weighted by molar-refractivity contribution is 7.99. The Balaban J connectivity index is 1.62. The number of ether oxygens (including phenoxy) is 1. The zero-order chi connectivity index (χ0) is 21.8. The van der Waals surface area contributed by atoms with Gasteiger partial charge in [0, 0.05) is 17.8 Å². The SMILES string of the molecule is Cc1ccc(Cl)c(OC(C)c2nnc(SCC(=O)Nc3cc(Cl)ccc3C)n2C)c1. The zero-order valence-electron chi connectivity index (χ0n) is 17.1. The van der Waals surface area contributed by atoms with E-state index >= 15 is 0 Å². The molecule has 0 bridgehead atoms. The first kappa shape index (κ1) is 22.5. The predicted molar refractivity (Wildman–Crippen MR) is 122 cm³/mol. The van der Waals surface area contributed by atoms with Crippen LogP contribution in [-0.4, -0.2) is 26.4 Å². The predicted octanol–water partition coefficient (Wildman–Crippen LogP) is 5.61. The number of amides is 1. The zero-order valence-corrected chi connectivity index (χ0v) is 19.4. The first-order valence-electron chi connectivity index (χ1n) is 9.25. The number of carbonyl (C=O) groups is 1. The fourth-order valence-corrected chi connectivity index (χ4v) is 3.85. The minimum absolute atomic E-state index is 0.147. The normalized spacial score (nSPS) is 11.9. The van der Waals surface area contributed by atoms with Gasteiger partial charge < -0.3 is 14.6 Å². The van der Waals surface area contributed by atoms with Gasteiger partial charge in [0.15, 0.2) is 17.1 Å². The maximum absolute atomic E-state index is 12.3. The Kier molecular flexibility index (Phi) is 7.28. The van der Waals surface area contributed by atoms with Crippen LogP contribution in [0.15, 0.2) is 41.6 Å². The van der Waals surface area contributed by atoms with Gasteiger partial charge in [-0.05, 0) is 56.2 Å². The molecule has 0 aliphatic heterocycles. The summed E-state index contributed by atoms with van der Waals surface area (Å²) in [6, 6.07) is 11.0. The molecule has 1 amide bonds. The van der Waals surface area contributed by atoms with Crippen LogP contribution in [0.3, 0.4) is 0 Å². The minimum Gasteiger partial charge on any atom is -0.481 e. The molecule has 3 aromatic rings. The highest BCUT2D eigenvalue weighted by atomic mass is 35.5. The van der Waals surface area contributed by atoms with Crippen molar-refractivity contribution in [2.45, 2.75) is 32.0 Å². The van der Waals surface area contributed by atoms with Gasteiger partial charge in [0.2, 0.25) is 5.91 Å². The summed E-state index contributed by atoms with van der Waals surface area (Å²) in [6.07, 6.45) is -0.362. The Labute approximate surface area is 189 Å². The summed E-state index contributed by atoms with van der Waals surface area (Å²) < 4.78 is 7.80. The molecule has 0 saturated carbocycles. The molecule has 2 aromatic carbocycles. The van der Waals surface area contributed by atoms with Crippen LogP contribution < -0.4 is 10.1 Å². The lowest BCUT2D eigenvalue weighted by Gasteiger charge is -2.15. The third-order valence-corrected chi connectivity index (χ3v) is 6.00. The first-order valence-corrected chi connectivity index (χ1v) is 11.0. The Hall–Kier alpha value is -2.22. The number of hydrogen-bond acceptors (Lipinski definition) is 5. The van der Waals surface area contributed by atoms with Gasteiger partial charge in [-0.1, -0.05) is 47.1 Å². The third kappa shape index (κ3) is 5.47. The molecular weight excluding hydrogens is 443 g/mol. The standard InChI is InChI=1S/C21H22Cl2N4O2S/c1-12-5-8-16(23)18(9-12)29-14(3)20-25-26-21(27(20)4)30-11-19(28)24-17-10-15(22)7-6-13(17)2/h5-10,14H,11H2,1-4H3,(H,24,28). The number of aromatic nitrogens is 3. The average Bonchev–Trinajstić information content (AvgIpc) is 3.06. The van der Waals surface area contributed by atoms with Crippen molar-refractivity contribution in [2.24, 2.45) is 7.05 Å². The Morgan fingerprint density at radius 2 is 1.97 bits per heavy atom. The van der Waals surface area contributed by atoms with Crippen LogP contribution in [0, 0.1) is 13.8 Å². The van der Waals surface area contributed by atoms with Crippen molar-refractivity contribution in [3.63, 3.8) is 0 Å². The van der Waals surface area contributed by atoms with Gasteiger partial charge in [-0.25, -0.2) is 0 Å². The molecule has 0 saturated heterocycles. The summed E-state index contributed by atoms with van der Waals surface area (Å²) >= 11 is 13.5. The monoisotopic (exact) mass is 464 g/mol. The highest BCUT2D eigenvalue weighted by Crippen LogP contribution is 2.30. The van der Waals surface area contributed by atoms with E-state index in [0.29, 0.717) is 32.5 Å². The summed E-state index contributed by atoms with van der Waals surface area (Å²) in [5, 5.41) is 13.0. The van der Waals surface area contributed by atoms with Gasteiger partial charge in [0.25, 0.3) is 0 Å². The van der Waals surface area contributed by atoms with Crippen LogP contribution in [0.4, 0.5) is 5.69 Å². The smallest absolute Gasteiger partial charge is 0.234 e. The van der Waals surface area contributed by atoms with Crippen molar-refractivity contribution in [1.82, 2.24) is 14.8 Å². The Bertz CT molecular complexity index is 1070. The molecule has 1 atom stereocenters. The molecule has 0 spiro atoms. The van der Waals surface area contributed by atoms with Gasteiger partial charge in [-0.2, -0.15) is 0 Å². The molecular formula is C21H22Cl2N4O2S. The maximum Gasteiger partial charge on any atom is 0.234 e. The first-order chi connectivity index (χ1) is 14.2. The molecule has 0 fully saturated rings. The number of anilines is 1. The fraction of sp³-hybridized carbons (Fsp3) is 0.286. The average molecular weight is 465 g/mol. The minimum atomic E-state index is -0.362. The van der Waals surface area contributed by atoms with Crippen molar-refractivity contribution in [1.29, 1.82) is 0 Å². The van der Waals surface area contributed by atoms with E-state index in [4.69, 9.17) is 27.9 Å². The third-order valence-electron chi connectivity index (χ3n) is 4.43. The lowest BCUT2D eigenvalue weighted by molar-refractivity contribution is -0.113. The summed E-state index contributed by atoms with van der Waals surface area (Å²) in [7, 11) is 1.84. The topological polar surface area (TPSA) is 69.0 Å². The molecule has 1 unspecified atom stereocenters. The Morgan fingerprint density at radius 1 is 1.20 bits per heavy atom. The summed E-state index contributed by atoms with van der Waals surface area (Å²) in [5.41, 5.74) is 2.69. The van der Waals surface area contributed by atoms with E-state index in [-0.39, 0.29) is 17.8 Å². The molecule has 30 heavy (non-hydrogen) atoms. The van der Waals surface area contributed by atoms with Gasteiger partial charge in [-0.3, -0.25) is 4.79 Å². The molecule has 1 aromatic heterocycles. The van der Waals surface area contributed by atoms with Crippen LogP contribution in [0.2, 0.25) is 10.0 Å². The molecule has 158 valence electrons. The lowest BCUT2D eigenvalue weighted by Crippen LogP contribution is -2.15. The van der Waals surface area contributed by atoms with Crippen LogP contribution in [0.25, 0.3) is 0 Å². The van der Waals surface area contributed by atoms with Crippen LogP contribution >= 0.6 is 35.0 Å². The molecule has 1 heterocycles. The molecule has 0 aliphatic rings. The van der Waals surface area contributed by atoms with E-state index in [1.54, 1.807) is 18.2 Å². The number of thioether (sulfide) groups is 1. The van der Waals surface area contributed by atoms with E-state index in [2.05, 4.69) is 15.5 Å². The molecule has 6 nitrogen and oxygen atoms in total. The number of nitrogens with one attached hydrogen (secondary N) is 1. The summed E-state index contributed by atoms with van der Waals surface area (Å²) in [4.78, 5) is 12.3. The quantitative estimate of drug-likeness (QED) is 0.460. The molecule has 3 rings (SSSR count). The maximum atomic E-state index is 12.3. The van der Waals surface area contributed by atoms with E-state index in [1.807, 2.05) is 50.6 Å². The number of nitrogens with zero attached hydrogens (tertiary/aromatic N) is 3. The van der Waals surface area contributed by atoms with Gasteiger partial charge in [0.05, 0.1) is 10.8 Å². The molecule has 1 N–H and O–H groups in total. The van der Waals surface area contributed by atoms with E-state index < -0.39 is 0 Å². The number of carbonyl (C=O) groups excluding carboxylic acids is 1. The fourth-order valence-electron chi connectivity index (χ4n) is 2.80. The van der Waals surface area contributed by atoms with Gasteiger partial charge >= 0.3 is 0 Å². The lowest BCUT2D eigenvalue weighted by atomic mass is 10.2. The molecule has 9 heteroatoms. The second kappa shape index (κ2) is 9.73. The number of rotatable bonds is 7. The van der Waals surface area contributed by atoms with Crippen LogP contribution in [0.5, 0.6) is 5.75 Å². The second-order valence-electron chi connectivity index (χ2n) is 6.89. The highest BCUT2D eigenvalue weighted by Gasteiger charge is 2.19. The second-order valence-corrected chi connectivity index (χ2v) is 8.68. The van der Waals surface area contributed by atoms with Crippen molar-refractivity contribution in [3.8, 4) is 5.75 Å². The molecule has 0 aliphatic carbocycles. The Morgan fingerprint density at radius 3 is 2.73 bits per heavy atom. The number of aryl methyl sites for hydroxylation is 2. The largest absolute Gasteiger partial charge is 0.481 e. The summed E-state index contributed by atoms with van der Waals surface area (Å²) in [5.74, 6) is 1.28. The van der Waals surface area contributed by atoms with Crippen molar-refractivity contribution < 1.29 is 9.53 Å². The van der Waals surface area contributed by atoms with Crippen molar-refractivity contribution in [3.05, 3.63) is 63.4 Å². The van der Waals surface area contributed by atoms with E-state index in [1.165, 1.54) is 11.8 Å². The van der Waals surface area contributed by atoms with Crippen molar-refractivity contribution >= 4 is 46.6 Å². The van der Waals surface area contributed by atoms with E-state index in [9.17, 15) is 4.79 Å². The number of benzene rings is 2. The van der Waals surface area contributed by atoms with Gasteiger partial charge in [-0.15, -0.1) is 10.2 Å². The van der Waals surface area contributed by atoms with Crippen LogP contribution in [0.1, 0.15) is 30.0 Å². The number of hydrogen-bond donors (Lipinski definition) is 1. The molecule has 0 radical (unpaired) electrons. The summed E-state index contributed by atoms with van der Waals surface area (Å²) in [6.45, 7) is 5.77. The van der Waals surface area contributed by atoms with Crippen LogP contribution in [-0.2, 0) is 11.8 Å².